The van der Waals surface area contributed by atoms with E-state index in [4.69, 9.17) is 10.2 Å². The number of carbonyl (C=O) groups excluding carboxylic acids is 1. The molecule has 0 bridgehead atoms. The van der Waals surface area contributed by atoms with Crippen molar-refractivity contribution in [2.45, 2.75) is 24.8 Å². The van der Waals surface area contributed by atoms with Gasteiger partial charge in [-0.1, -0.05) is 30.3 Å². The van der Waals surface area contributed by atoms with E-state index in [0.29, 0.717) is 6.54 Å². The lowest BCUT2D eigenvalue weighted by atomic mass is 10.2. The summed E-state index contributed by atoms with van der Waals surface area (Å²) in [4.78, 5) is 15.9. The Bertz CT molecular complexity index is 616. The highest BCUT2D eigenvalue weighted by Gasteiger charge is 2.20. The minimum absolute atomic E-state index is 0.156. The fourth-order valence-electron chi connectivity index (χ4n) is 1.84. The van der Waals surface area contributed by atoms with Gasteiger partial charge >= 0.3 is 0 Å². The highest BCUT2D eigenvalue weighted by molar-refractivity contribution is 7.98. The first-order valence-corrected chi connectivity index (χ1v) is 8.52. The van der Waals surface area contributed by atoms with Gasteiger partial charge in [0.25, 0.3) is 5.91 Å². The molecule has 1 heterocycles. The quantitative estimate of drug-likeness (QED) is 0.635. The van der Waals surface area contributed by atoms with Gasteiger partial charge in [-0.05, 0) is 12.5 Å². The second-order valence-electron chi connectivity index (χ2n) is 5.13. The lowest BCUT2D eigenvalue weighted by Crippen LogP contribution is -2.27. The number of oxazole rings is 1. The average Bonchev–Trinajstić information content (AvgIpc) is 3.04. The zero-order valence-corrected chi connectivity index (χ0v) is 13.8. The first-order valence-electron chi connectivity index (χ1n) is 7.37. The van der Waals surface area contributed by atoms with E-state index in [1.54, 1.807) is 18.7 Å². The number of nitrogens with one attached hydrogen (secondary N) is 1. The Balaban J connectivity index is 1.71. The Kier molecular flexibility index (Phi) is 6.64. The first kappa shape index (κ1) is 17.5. The number of benzene rings is 1. The van der Waals surface area contributed by atoms with Crippen LogP contribution in [0.15, 0.2) is 41.0 Å². The SMILES string of the molecule is CC(O)C(N)c1nc(C(=O)NCCSCc2ccccc2)co1. The van der Waals surface area contributed by atoms with Gasteiger partial charge in [-0.2, -0.15) is 11.8 Å². The van der Waals surface area contributed by atoms with E-state index in [9.17, 15) is 9.90 Å². The van der Waals surface area contributed by atoms with Gasteiger partial charge in [-0.25, -0.2) is 4.98 Å². The summed E-state index contributed by atoms with van der Waals surface area (Å²) in [6.45, 7) is 2.08. The minimum atomic E-state index is -0.793. The molecule has 2 unspecified atom stereocenters. The van der Waals surface area contributed by atoms with Crippen LogP contribution < -0.4 is 11.1 Å². The molecular weight excluding hydrogens is 314 g/mol. The number of amides is 1. The molecule has 2 aromatic rings. The summed E-state index contributed by atoms with van der Waals surface area (Å²) < 4.78 is 5.13. The molecule has 2 atom stereocenters. The summed E-state index contributed by atoms with van der Waals surface area (Å²) in [6, 6.07) is 9.43. The van der Waals surface area contributed by atoms with Crippen molar-refractivity contribution in [3.8, 4) is 0 Å². The summed E-state index contributed by atoms with van der Waals surface area (Å²) in [5.74, 6) is 1.56. The van der Waals surface area contributed by atoms with Gasteiger partial charge in [0.2, 0.25) is 5.89 Å². The summed E-state index contributed by atoms with van der Waals surface area (Å²) in [5, 5.41) is 12.2. The Labute approximate surface area is 139 Å². The van der Waals surface area contributed by atoms with Gasteiger partial charge in [0.15, 0.2) is 5.69 Å². The number of aliphatic hydroxyl groups excluding tert-OH is 1. The maximum Gasteiger partial charge on any atom is 0.273 e. The highest BCUT2D eigenvalue weighted by atomic mass is 32.2. The topological polar surface area (TPSA) is 101 Å². The predicted molar refractivity (Wildman–Crippen MR) is 90.0 cm³/mol. The van der Waals surface area contributed by atoms with Gasteiger partial charge in [0.1, 0.15) is 12.3 Å². The molecule has 0 aliphatic carbocycles. The fraction of sp³-hybridized carbons (Fsp3) is 0.375. The van der Waals surface area contributed by atoms with Gasteiger partial charge < -0.3 is 20.6 Å². The molecular formula is C16H21N3O3S. The molecule has 0 aliphatic rings. The number of nitrogens with zero attached hydrogens (tertiary/aromatic N) is 1. The number of aromatic nitrogens is 1. The maximum absolute atomic E-state index is 11.9. The molecule has 4 N–H and O–H groups in total. The third-order valence-corrected chi connectivity index (χ3v) is 4.23. The van der Waals surface area contributed by atoms with Crippen molar-refractivity contribution in [2.24, 2.45) is 5.73 Å². The Morgan fingerprint density at radius 2 is 2.17 bits per heavy atom. The van der Waals surface area contributed by atoms with Crippen molar-refractivity contribution in [2.75, 3.05) is 12.3 Å². The van der Waals surface area contributed by atoms with E-state index < -0.39 is 12.1 Å². The monoisotopic (exact) mass is 335 g/mol. The van der Waals surface area contributed by atoms with Crippen LogP contribution in [0.3, 0.4) is 0 Å². The molecule has 1 aromatic heterocycles. The van der Waals surface area contributed by atoms with Crippen LogP contribution in [0.5, 0.6) is 0 Å². The van der Waals surface area contributed by atoms with Crippen LogP contribution in [0.25, 0.3) is 0 Å². The van der Waals surface area contributed by atoms with E-state index in [-0.39, 0.29) is 17.5 Å². The zero-order chi connectivity index (χ0) is 16.7. The molecule has 0 aliphatic heterocycles. The third kappa shape index (κ3) is 5.38. The molecule has 23 heavy (non-hydrogen) atoms. The normalized spacial score (nSPS) is 13.5. The molecule has 2 rings (SSSR count). The smallest absolute Gasteiger partial charge is 0.273 e. The highest BCUT2D eigenvalue weighted by Crippen LogP contribution is 2.14. The summed E-state index contributed by atoms with van der Waals surface area (Å²) >= 11 is 1.75. The summed E-state index contributed by atoms with van der Waals surface area (Å²) in [5.41, 5.74) is 7.14. The van der Waals surface area contributed by atoms with Crippen molar-refractivity contribution in [1.82, 2.24) is 10.3 Å². The number of rotatable bonds is 8. The Hall–Kier alpha value is -1.83. The number of nitrogens with two attached hydrogens (primary N) is 1. The van der Waals surface area contributed by atoms with Crippen molar-refractivity contribution in [1.29, 1.82) is 0 Å². The largest absolute Gasteiger partial charge is 0.446 e. The van der Waals surface area contributed by atoms with E-state index in [0.717, 1.165) is 11.5 Å². The minimum Gasteiger partial charge on any atom is -0.446 e. The molecule has 1 aromatic carbocycles. The fourth-order valence-corrected chi connectivity index (χ4v) is 2.66. The van der Waals surface area contributed by atoms with Crippen LogP contribution in [0.1, 0.15) is 34.9 Å². The molecule has 7 heteroatoms. The van der Waals surface area contributed by atoms with Crippen LogP contribution in [-0.2, 0) is 5.75 Å². The number of thioether (sulfide) groups is 1. The Morgan fingerprint density at radius 1 is 1.43 bits per heavy atom. The van der Waals surface area contributed by atoms with Crippen LogP contribution >= 0.6 is 11.8 Å². The van der Waals surface area contributed by atoms with E-state index >= 15 is 0 Å². The number of hydrogen-bond acceptors (Lipinski definition) is 6. The van der Waals surface area contributed by atoms with Gasteiger partial charge in [0, 0.05) is 18.1 Å². The molecule has 0 spiro atoms. The summed E-state index contributed by atoms with van der Waals surface area (Å²) in [6.07, 6.45) is 0.461. The van der Waals surface area contributed by atoms with Crippen molar-refractivity contribution in [3.63, 3.8) is 0 Å². The van der Waals surface area contributed by atoms with Gasteiger partial charge in [0.05, 0.1) is 6.10 Å². The van der Waals surface area contributed by atoms with E-state index in [1.807, 2.05) is 18.2 Å². The number of aliphatic hydroxyl groups is 1. The molecule has 0 saturated heterocycles. The van der Waals surface area contributed by atoms with Crippen molar-refractivity contribution >= 4 is 17.7 Å². The van der Waals surface area contributed by atoms with Crippen LogP contribution in [0.2, 0.25) is 0 Å². The number of carbonyl (C=O) groups is 1. The number of hydrogen-bond donors (Lipinski definition) is 3. The lowest BCUT2D eigenvalue weighted by molar-refractivity contribution is 0.0951. The molecule has 124 valence electrons. The van der Waals surface area contributed by atoms with Crippen LogP contribution in [-0.4, -0.2) is 34.4 Å². The van der Waals surface area contributed by atoms with Crippen molar-refractivity contribution in [3.05, 3.63) is 53.7 Å². The third-order valence-electron chi connectivity index (χ3n) is 3.20. The predicted octanol–water partition coefficient (Wildman–Crippen LogP) is 1.72. The van der Waals surface area contributed by atoms with Crippen LogP contribution in [0, 0.1) is 0 Å². The zero-order valence-electron chi connectivity index (χ0n) is 12.9. The molecule has 0 radical (unpaired) electrons. The second-order valence-corrected chi connectivity index (χ2v) is 6.24. The van der Waals surface area contributed by atoms with Gasteiger partial charge in [-0.3, -0.25) is 4.79 Å². The molecule has 0 fully saturated rings. The molecule has 1 amide bonds. The maximum atomic E-state index is 11.9. The Morgan fingerprint density at radius 3 is 2.87 bits per heavy atom. The second kappa shape index (κ2) is 8.71. The summed E-state index contributed by atoms with van der Waals surface area (Å²) in [7, 11) is 0. The molecule has 0 saturated carbocycles. The molecule has 6 nitrogen and oxygen atoms in total. The average molecular weight is 335 g/mol. The van der Waals surface area contributed by atoms with Crippen molar-refractivity contribution < 1.29 is 14.3 Å². The van der Waals surface area contributed by atoms with E-state index in [1.165, 1.54) is 11.8 Å². The first-order chi connectivity index (χ1) is 11.1. The lowest BCUT2D eigenvalue weighted by Gasteiger charge is -2.09. The standard InChI is InChI=1S/C16H21N3O3S/c1-11(20)14(17)16-19-13(9-22-16)15(21)18-7-8-23-10-12-5-3-2-4-6-12/h2-6,9,11,14,20H,7-8,10,17H2,1H3,(H,18,21). The van der Waals surface area contributed by atoms with E-state index in [2.05, 4.69) is 22.4 Å². The van der Waals surface area contributed by atoms with Gasteiger partial charge in [-0.15, -0.1) is 0 Å². The van der Waals surface area contributed by atoms with Crippen LogP contribution in [0.4, 0.5) is 0 Å².